The highest BCUT2D eigenvalue weighted by Gasteiger charge is 2.52. The third kappa shape index (κ3) is 11.3. The number of anilines is 1. The molecule has 68 heavy (non-hydrogen) atoms. The number of amides is 1. The summed E-state index contributed by atoms with van der Waals surface area (Å²) in [5.41, 5.74) is 2.53. The second-order valence-corrected chi connectivity index (χ2v) is 17.8. The highest BCUT2D eigenvalue weighted by molar-refractivity contribution is 7.44. The van der Waals surface area contributed by atoms with Crippen molar-refractivity contribution < 1.29 is 42.3 Å². The number of aromatic nitrogens is 4. The molecule has 1 amide bonds. The number of imidazole rings is 1. The van der Waals surface area contributed by atoms with Crippen LogP contribution in [0, 0.1) is 11.3 Å². The summed E-state index contributed by atoms with van der Waals surface area (Å²) in [6, 6.07) is 36.7. The molecule has 2 aromatic heterocycles. The number of nitrogens with one attached hydrogen (secondary N) is 1. The first-order valence-corrected chi connectivity index (χ1v) is 23.9. The van der Waals surface area contributed by atoms with E-state index in [2.05, 4.69) is 53.7 Å². The first kappa shape index (κ1) is 50.0. The average molecular weight is 946 g/mol. The molecule has 1 unspecified atom stereocenters. The molecule has 1 aliphatic rings. The molecule has 17 heteroatoms. The number of nitrogens with zero attached hydrogens (tertiary/aromatic N) is 6. The minimum atomic E-state index is -1.82. The lowest BCUT2D eigenvalue weighted by Crippen LogP contribution is -2.43. The van der Waals surface area contributed by atoms with Gasteiger partial charge in [0.1, 0.15) is 41.7 Å². The topological polar surface area (TPSA) is 174 Å². The molecule has 1 N–H and O–H groups in total. The Hall–Kier alpha value is -5.86. The third-order valence-electron chi connectivity index (χ3n) is 11.4. The summed E-state index contributed by atoms with van der Waals surface area (Å²) in [6.07, 6.45) is -0.236. The lowest BCUT2D eigenvalue weighted by molar-refractivity contribution is -0.0970. The van der Waals surface area contributed by atoms with Crippen LogP contribution in [0.5, 0.6) is 11.5 Å². The van der Waals surface area contributed by atoms with E-state index in [0.29, 0.717) is 41.4 Å². The Morgan fingerprint density at radius 3 is 2.03 bits per heavy atom. The molecule has 3 heterocycles. The first-order chi connectivity index (χ1) is 33.1. The van der Waals surface area contributed by atoms with E-state index >= 15 is 0 Å². The summed E-state index contributed by atoms with van der Waals surface area (Å²) >= 11 is 0. The normalized spacial score (nSPS) is 17.7. The molecule has 7 rings (SSSR count). The van der Waals surface area contributed by atoms with Crippen LogP contribution in [-0.2, 0) is 33.6 Å². The summed E-state index contributed by atoms with van der Waals surface area (Å²) in [5, 5.41) is 12.5. The zero-order chi connectivity index (χ0) is 48.0. The number of ether oxygens (including phenoxy) is 6. The molecule has 0 bridgehead atoms. The predicted molar refractivity (Wildman–Crippen MR) is 258 cm³/mol. The minimum absolute atomic E-state index is 0.00280. The van der Waals surface area contributed by atoms with Crippen LogP contribution in [0.4, 0.5) is 5.82 Å². The monoisotopic (exact) mass is 945 g/mol. The van der Waals surface area contributed by atoms with Gasteiger partial charge in [0, 0.05) is 24.3 Å². The Balaban J connectivity index is 1.36. The van der Waals surface area contributed by atoms with Gasteiger partial charge in [0.2, 0.25) is 0 Å². The van der Waals surface area contributed by atoms with Gasteiger partial charge in [-0.1, -0.05) is 72.8 Å². The second kappa shape index (κ2) is 23.9. The zero-order valence-corrected chi connectivity index (χ0v) is 40.5. The van der Waals surface area contributed by atoms with E-state index in [9.17, 15) is 10.1 Å². The molecular formula is C51H60N7O9P. The Morgan fingerprint density at radius 1 is 0.824 bits per heavy atom. The van der Waals surface area contributed by atoms with Crippen molar-refractivity contribution in [2.75, 3.05) is 52.6 Å². The molecular weight excluding hydrogens is 886 g/mol. The van der Waals surface area contributed by atoms with Crippen LogP contribution >= 0.6 is 8.53 Å². The maximum atomic E-state index is 13.4. The maximum Gasteiger partial charge on any atom is 0.259 e. The third-order valence-corrected chi connectivity index (χ3v) is 13.6. The van der Waals surface area contributed by atoms with Gasteiger partial charge in [-0.2, -0.15) is 5.26 Å². The number of hydrogen-bond donors (Lipinski definition) is 1. The summed E-state index contributed by atoms with van der Waals surface area (Å²) in [7, 11) is 1.45. The number of hydrogen-bond acceptors (Lipinski definition) is 14. The summed E-state index contributed by atoms with van der Waals surface area (Å²) in [4.78, 5) is 27.2. The van der Waals surface area contributed by atoms with E-state index in [1.54, 1.807) is 49.4 Å². The van der Waals surface area contributed by atoms with Crippen LogP contribution in [0.25, 0.3) is 11.2 Å². The van der Waals surface area contributed by atoms with Gasteiger partial charge in [-0.05, 0) is 87.7 Å². The number of rotatable bonds is 24. The number of nitriles is 1. The van der Waals surface area contributed by atoms with Crippen LogP contribution < -0.4 is 14.8 Å². The van der Waals surface area contributed by atoms with Crippen molar-refractivity contribution >= 4 is 31.4 Å². The van der Waals surface area contributed by atoms with Gasteiger partial charge in [0.15, 0.2) is 23.2 Å². The first-order valence-electron chi connectivity index (χ1n) is 22.8. The van der Waals surface area contributed by atoms with Gasteiger partial charge in [0.25, 0.3) is 14.4 Å². The molecule has 4 aromatic carbocycles. The van der Waals surface area contributed by atoms with Crippen LogP contribution in [-0.4, -0.2) is 108 Å². The van der Waals surface area contributed by atoms with Crippen molar-refractivity contribution in [2.45, 2.75) is 83.3 Å². The molecule has 0 aliphatic carbocycles. The maximum absolute atomic E-state index is 13.4. The van der Waals surface area contributed by atoms with E-state index in [0.717, 1.165) is 16.7 Å². The fourth-order valence-electron chi connectivity index (χ4n) is 8.34. The van der Waals surface area contributed by atoms with Crippen molar-refractivity contribution in [2.24, 2.45) is 0 Å². The largest absolute Gasteiger partial charge is 0.497 e. The average Bonchev–Trinajstić information content (AvgIpc) is 3.95. The quantitative estimate of drug-likeness (QED) is 0.0346. The van der Waals surface area contributed by atoms with Crippen molar-refractivity contribution in [1.82, 2.24) is 24.2 Å². The second-order valence-electron chi connectivity index (χ2n) is 16.4. The lowest BCUT2D eigenvalue weighted by Gasteiger charge is -2.39. The molecule has 0 saturated carbocycles. The molecule has 16 nitrogen and oxygen atoms in total. The summed E-state index contributed by atoms with van der Waals surface area (Å²) in [6.45, 7) is 11.4. The standard InChI is InChI=1S/C51H60N7O9P/c1-8-62-30-31-63-46-45(67-68(65-29-15-28-52)58(35(2)3)36(4)5)43(66-50(46)57-34-55-44-47(53-33-54-48(44)57)56-49(59)37-16-11-9-12-17-37)32-64-51(38-18-13-10-14-19-38,39-20-24-41(60-6)25-21-39)40-22-26-42(61-7)27-23-40/h9-14,16-27,33-36,43,45-46,50H,8,15,29-32H2,1-7H3,(H,53,54,56,59)/t43-,45-,46-,50-,68?/m1/s1. The smallest absolute Gasteiger partial charge is 0.259 e. The fourth-order valence-corrected chi connectivity index (χ4v) is 10.1. The lowest BCUT2D eigenvalue weighted by atomic mass is 9.80. The van der Waals surface area contributed by atoms with Crippen molar-refractivity contribution in [3.63, 3.8) is 0 Å². The molecule has 1 saturated heterocycles. The van der Waals surface area contributed by atoms with Gasteiger partial charge in [-0.15, -0.1) is 0 Å². The molecule has 358 valence electrons. The van der Waals surface area contributed by atoms with E-state index < -0.39 is 38.7 Å². The van der Waals surface area contributed by atoms with Crippen molar-refractivity contribution in [3.05, 3.63) is 144 Å². The van der Waals surface area contributed by atoms with E-state index in [1.165, 1.54) is 6.33 Å². The van der Waals surface area contributed by atoms with Gasteiger partial charge >= 0.3 is 0 Å². The number of carbonyl (C=O) groups excluding carboxylic acids is 1. The molecule has 6 aromatic rings. The van der Waals surface area contributed by atoms with Crippen LogP contribution in [0.2, 0.25) is 0 Å². The van der Waals surface area contributed by atoms with E-state index in [4.69, 9.17) is 42.5 Å². The Bertz CT molecular complexity index is 2490. The zero-order valence-electron chi connectivity index (χ0n) is 39.6. The highest BCUT2D eigenvalue weighted by Crippen LogP contribution is 2.51. The number of methoxy groups -OCH3 is 2. The molecule has 0 spiro atoms. The van der Waals surface area contributed by atoms with Crippen LogP contribution in [0.3, 0.4) is 0 Å². The van der Waals surface area contributed by atoms with Crippen LogP contribution in [0.1, 0.15) is 74.3 Å². The number of carbonyl (C=O) groups is 1. The summed E-state index contributed by atoms with van der Waals surface area (Å²) < 4.78 is 56.2. The van der Waals surface area contributed by atoms with Crippen molar-refractivity contribution in [1.29, 1.82) is 5.26 Å². The molecule has 0 radical (unpaired) electrons. The van der Waals surface area contributed by atoms with Gasteiger partial charge in [-0.25, -0.2) is 19.6 Å². The highest BCUT2D eigenvalue weighted by atomic mass is 31.2. The number of fused-ring (bicyclic) bond motifs is 1. The molecule has 1 aliphatic heterocycles. The summed E-state index contributed by atoms with van der Waals surface area (Å²) in [5.74, 6) is 1.27. The van der Waals surface area contributed by atoms with Gasteiger partial charge in [0.05, 0.1) is 59.5 Å². The van der Waals surface area contributed by atoms with Crippen LogP contribution in [0.15, 0.2) is 122 Å². The Kier molecular flexibility index (Phi) is 17.6. The molecule has 1 fully saturated rings. The number of benzene rings is 4. The van der Waals surface area contributed by atoms with Gasteiger partial charge < -0.3 is 42.8 Å². The SMILES string of the molecule is CCOCCO[C@@H]1[C@H](OP(OCCC#N)N(C(C)C)C(C)C)[C@@H](COC(c2ccccc2)(c2ccc(OC)cc2)c2ccc(OC)cc2)O[C@H]1n1cnc2c(NC(=O)c3ccccc3)ncnc21. The Labute approximate surface area is 399 Å². The predicted octanol–water partition coefficient (Wildman–Crippen LogP) is 9.08. The minimum Gasteiger partial charge on any atom is -0.497 e. The fraction of sp³-hybridized carbons (Fsp3) is 0.392. The molecule has 5 atom stereocenters. The van der Waals surface area contributed by atoms with E-state index in [1.807, 2.05) is 91.9 Å². The van der Waals surface area contributed by atoms with Crippen molar-refractivity contribution in [3.8, 4) is 17.6 Å². The Morgan fingerprint density at radius 2 is 1.44 bits per heavy atom. The van der Waals surface area contributed by atoms with E-state index in [-0.39, 0.29) is 50.1 Å². The van der Waals surface area contributed by atoms with Gasteiger partial charge in [-0.3, -0.25) is 9.36 Å².